The van der Waals surface area contributed by atoms with E-state index >= 15 is 0 Å². The molecule has 0 aliphatic carbocycles. The second kappa shape index (κ2) is 9.51. The molecule has 0 bridgehead atoms. The van der Waals surface area contributed by atoms with Gasteiger partial charge >= 0.3 is 0 Å². The maximum atomic E-state index is 12.3. The first-order valence-electron chi connectivity index (χ1n) is 9.85. The molecule has 1 aliphatic rings. The second-order valence-corrected chi connectivity index (χ2v) is 11.0. The second-order valence-electron chi connectivity index (χ2n) is 7.39. The Labute approximate surface area is 195 Å². The van der Waals surface area contributed by atoms with Crippen LogP contribution in [0.5, 0.6) is 11.5 Å². The van der Waals surface area contributed by atoms with E-state index in [-0.39, 0.29) is 29.1 Å². The Morgan fingerprint density at radius 2 is 1.97 bits per heavy atom. The Balaban J connectivity index is 1.30. The van der Waals surface area contributed by atoms with Crippen molar-refractivity contribution in [2.24, 2.45) is 7.05 Å². The maximum absolute atomic E-state index is 12.3. The number of hydrogen-bond donors (Lipinski definition) is 1. The van der Waals surface area contributed by atoms with Crippen LogP contribution < -0.4 is 10.1 Å². The lowest BCUT2D eigenvalue weighted by Gasteiger charge is -2.09. The zero-order chi connectivity index (χ0) is 22.7. The molecule has 1 saturated heterocycles. The van der Waals surface area contributed by atoms with Gasteiger partial charge in [-0.05, 0) is 42.8 Å². The average molecular weight is 493 g/mol. The van der Waals surface area contributed by atoms with E-state index in [1.807, 2.05) is 12.1 Å². The Kier molecular flexibility index (Phi) is 6.73. The van der Waals surface area contributed by atoms with Gasteiger partial charge in [0, 0.05) is 18.7 Å². The summed E-state index contributed by atoms with van der Waals surface area (Å²) in [7, 11) is -1.21. The van der Waals surface area contributed by atoms with Gasteiger partial charge in [0.15, 0.2) is 15.0 Å². The molecule has 0 saturated carbocycles. The molecule has 1 unspecified atom stereocenters. The number of carbonyl (C=O) groups is 1. The van der Waals surface area contributed by atoms with Crippen LogP contribution in [0.2, 0.25) is 5.02 Å². The van der Waals surface area contributed by atoms with Crippen molar-refractivity contribution in [1.29, 1.82) is 0 Å². The van der Waals surface area contributed by atoms with Gasteiger partial charge in [-0.1, -0.05) is 35.5 Å². The number of sulfone groups is 1. The van der Waals surface area contributed by atoms with E-state index in [1.54, 1.807) is 48.0 Å². The van der Waals surface area contributed by atoms with Crippen LogP contribution in [0.3, 0.4) is 0 Å². The summed E-state index contributed by atoms with van der Waals surface area (Å²) >= 11 is 7.35. The number of aromatic nitrogens is 3. The summed E-state index contributed by atoms with van der Waals surface area (Å²) in [6, 6.07) is 14.2. The van der Waals surface area contributed by atoms with Gasteiger partial charge in [-0.25, -0.2) is 8.42 Å². The number of para-hydroxylation sites is 1. The third-order valence-corrected chi connectivity index (χ3v) is 8.10. The third kappa shape index (κ3) is 5.43. The minimum atomic E-state index is -3.00. The van der Waals surface area contributed by atoms with E-state index in [0.717, 1.165) is 0 Å². The number of ether oxygens (including phenoxy) is 1. The number of benzene rings is 2. The van der Waals surface area contributed by atoms with Crippen molar-refractivity contribution in [3.63, 3.8) is 0 Å². The van der Waals surface area contributed by atoms with Crippen molar-refractivity contribution < 1.29 is 17.9 Å². The van der Waals surface area contributed by atoms with Gasteiger partial charge in [0.1, 0.15) is 17.3 Å². The fourth-order valence-electron chi connectivity index (χ4n) is 3.39. The predicted octanol–water partition coefficient (Wildman–Crippen LogP) is 3.89. The first kappa shape index (κ1) is 22.6. The standard InChI is InChI=1S/C21H21ClN4O4S2/c1-26-20(14-10-11-32(28,29)13-14)24-25-21(26)31-12-19(27)23-15-6-8-16(9-7-15)30-18-5-3-2-4-17(18)22/h2-9,14H,10-13H2,1H3,(H,23,27). The molecule has 1 N–H and O–H groups in total. The van der Waals surface area contributed by atoms with Crippen LogP contribution in [0.15, 0.2) is 53.7 Å². The Morgan fingerprint density at radius 1 is 1.22 bits per heavy atom. The number of halogens is 1. The summed E-state index contributed by atoms with van der Waals surface area (Å²) in [5.41, 5.74) is 0.636. The fraction of sp³-hybridized carbons (Fsp3) is 0.286. The Hall–Kier alpha value is -2.56. The molecule has 3 aromatic rings. The molecule has 32 heavy (non-hydrogen) atoms. The van der Waals surface area contributed by atoms with Crippen LogP contribution in [0.4, 0.5) is 5.69 Å². The molecule has 2 heterocycles. The van der Waals surface area contributed by atoms with Crippen LogP contribution in [0.1, 0.15) is 18.2 Å². The Morgan fingerprint density at radius 3 is 2.66 bits per heavy atom. The average Bonchev–Trinajstić information content (AvgIpc) is 3.31. The first-order valence-corrected chi connectivity index (χ1v) is 13.0. The fourth-order valence-corrected chi connectivity index (χ4v) is 6.03. The largest absolute Gasteiger partial charge is 0.456 e. The van der Waals surface area contributed by atoms with Gasteiger partial charge < -0.3 is 14.6 Å². The van der Waals surface area contributed by atoms with E-state index in [9.17, 15) is 13.2 Å². The highest BCUT2D eigenvalue weighted by Gasteiger charge is 2.32. The van der Waals surface area contributed by atoms with Gasteiger partial charge in [0.2, 0.25) is 5.91 Å². The van der Waals surface area contributed by atoms with Crippen LogP contribution in [0.25, 0.3) is 0 Å². The van der Waals surface area contributed by atoms with Crippen LogP contribution in [-0.4, -0.2) is 46.3 Å². The molecule has 4 rings (SSSR count). The van der Waals surface area contributed by atoms with Crippen molar-refractivity contribution >= 4 is 44.8 Å². The highest BCUT2D eigenvalue weighted by Crippen LogP contribution is 2.30. The van der Waals surface area contributed by atoms with Crippen molar-refractivity contribution in [2.75, 3.05) is 22.6 Å². The predicted molar refractivity (Wildman–Crippen MR) is 124 cm³/mol. The lowest BCUT2D eigenvalue weighted by Crippen LogP contribution is -2.14. The summed E-state index contributed by atoms with van der Waals surface area (Å²) < 4.78 is 30.9. The van der Waals surface area contributed by atoms with Gasteiger partial charge in [-0.2, -0.15) is 0 Å². The summed E-state index contributed by atoms with van der Waals surface area (Å²) in [5, 5.41) is 12.2. The molecule has 168 valence electrons. The quantitative estimate of drug-likeness (QED) is 0.499. The third-order valence-electron chi connectivity index (χ3n) is 5.00. The Bertz CT molecular complexity index is 1230. The number of nitrogens with zero attached hydrogens (tertiary/aromatic N) is 3. The zero-order valence-electron chi connectivity index (χ0n) is 17.2. The highest BCUT2D eigenvalue weighted by atomic mass is 35.5. The molecule has 0 spiro atoms. The minimum Gasteiger partial charge on any atom is -0.456 e. The summed E-state index contributed by atoms with van der Waals surface area (Å²) in [6.45, 7) is 0. The first-order chi connectivity index (χ1) is 15.3. The van der Waals surface area contributed by atoms with Crippen molar-refractivity contribution in [1.82, 2.24) is 14.8 Å². The normalized spacial score (nSPS) is 17.2. The molecule has 1 fully saturated rings. The van der Waals surface area contributed by atoms with Crippen molar-refractivity contribution in [2.45, 2.75) is 17.5 Å². The van der Waals surface area contributed by atoms with Gasteiger partial charge in [-0.15, -0.1) is 10.2 Å². The SMILES string of the molecule is Cn1c(SCC(=O)Nc2ccc(Oc3ccccc3Cl)cc2)nnc1C1CCS(=O)(=O)C1. The number of carbonyl (C=O) groups excluding carboxylic acids is 1. The lowest BCUT2D eigenvalue weighted by atomic mass is 10.1. The molecule has 1 atom stereocenters. The molecule has 1 amide bonds. The summed E-state index contributed by atoms with van der Waals surface area (Å²) in [6.07, 6.45) is 0.551. The van der Waals surface area contributed by atoms with Crippen molar-refractivity contribution in [3.8, 4) is 11.5 Å². The van der Waals surface area contributed by atoms with E-state index in [0.29, 0.717) is 39.6 Å². The molecule has 1 aromatic heterocycles. The van der Waals surface area contributed by atoms with E-state index in [1.165, 1.54) is 11.8 Å². The monoisotopic (exact) mass is 492 g/mol. The van der Waals surface area contributed by atoms with Crippen LogP contribution >= 0.6 is 23.4 Å². The molecular weight excluding hydrogens is 472 g/mol. The molecule has 0 radical (unpaired) electrons. The van der Waals surface area contributed by atoms with Crippen LogP contribution in [0, 0.1) is 0 Å². The van der Waals surface area contributed by atoms with E-state index in [4.69, 9.17) is 16.3 Å². The summed E-state index contributed by atoms with van der Waals surface area (Å²) in [5.74, 6) is 1.88. The van der Waals surface area contributed by atoms with Crippen LogP contribution in [-0.2, 0) is 21.7 Å². The number of hydrogen-bond acceptors (Lipinski definition) is 7. The zero-order valence-corrected chi connectivity index (χ0v) is 19.6. The smallest absolute Gasteiger partial charge is 0.234 e. The van der Waals surface area contributed by atoms with Gasteiger partial charge in [0.25, 0.3) is 0 Å². The lowest BCUT2D eigenvalue weighted by molar-refractivity contribution is -0.113. The van der Waals surface area contributed by atoms with Gasteiger partial charge in [0.05, 0.1) is 22.3 Å². The molecule has 1 aliphatic heterocycles. The summed E-state index contributed by atoms with van der Waals surface area (Å²) in [4.78, 5) is 12.3. The van der Waals surface area contributed by atoms with Gasteiger partial charge in [-0.3, -0.25) is 4.79 Å². The molecule has 11 heteroatoms. The number of rotatable bonds is 7. The van der Waals surface area contributed by atoms with E-state index in [2.05, 4.69) is 15.5 Å². The molecular formula is C21H21ClN4O4S2. The minimum absolute atomic E-state index is 0.0975. The number of nitrogens with one attached hydrogen (secondary N) is 1. The molecule has 8 nitrogen and oxygen atoms in total. The van der Waals surface area contributed by atoms with E-state index < -0.39 is 9.84 Å². The number of amides is 1. The number of anilines is 1. The highest BCUT2D eigenvalue weighted by molar-refractivity contribution is 7.99. The number of thioether (sulfide) groups is 1. The maximum Gasteiger partial charge on any atom is 0.234 e. The van der Waals surface area contributed by atoms with Crippen molar-refractivity contribution in [3.05, 3.63) is 59.4 Å². The molecule has 2 aromatic carbocycles. The topological polar surface area (TPSA) is 103 Å².